The number of para-hydroxylation sites is 1. The summed E-state index contributed by atoms with van der Waals surface area (Å²) in [6.07, 6.45) is 4.59. The van der Waals surface area contributed by atoms with Crippen molar-refractivity contribution in [2.75, 3.05) is 12.5 Å². The second kappa shape index (κ2) is 5.69. The first-order valence-electron chi connectivity index (χ1n) is 7.34. The third kappa shape index (κ3) is 2.56. The summed E-state index contributed by atoms with van der Waals surface area (Å²) in [5, 5.41) is 0.867. The van der Waals surface area contributed by atoms with E-state index < -0.39 is 0 Å². The quantitative estimate of drug-likeness (QED) is 0.671. The van der Waals surface area contributed by atoms with Crippen LogP contribution in [0.2, 0.25) is 0 Å². The van der Waals surface area contributed by atoms with Gasteiger partial charge in [-0.15, -0.1) is 0 Å². The van der Waals surface area contributed by atoms with Gasteiger partial charge in [0.2, 0.25) is 0 Å². The van der Waals surface area contributed by atoms with E-state index in [2.05, 4.69) is 10.4 Å². The van der Waals surface area contributed by atoms with E-state index in [1.54, 1.807) is 6.07 Å². The molecule has 0 bridgehead atoms. The van der Waals surface area contributed by atoms with Gasteiger partial charge in [0.15, 0.2) is 0 Å². The first-order valence-corrected chi connectivity index (χ1v) is 7.34. The molecule has 0 spiro atoms. The number of carbonyl (C=O) groups excluding carboxylic acids is 1. The Bertz CT molecular complexity index is 664. The molecule has 1 saturated carbocycles. The fourth-order valence-electron chi connectivity index (χ4n) is 3.07. The normalized spacial score (nSPS) is 15.3. The Kier molecular flexibility index (Phi) is 3.75. The van der Waals surface area contributed by atoms with Crippen molar-refractivity contribution in [3.05, 3.63) is 35.9 Å². The number of nitrogens with one attached hydrogen (secondary N) is 1. The van der Waals surface area contributed by atoms with Crippen molar-refractivity contribution in [3.63, 3.8) is 0 Å². The van der Waals surface area contributed by atoms with Crippen LogP contribution in [0.1, 0.15) is 36.0 Å². The van der Waals surface area contributed by atoms with Gasteiger partial charge in [-0.05, 0) is 25.0 Å². The maximum Gasteiger partial charge on any atom is 0.254 e. The Morgan fingerprint density at radius 3 is 2.76 bits per heavy atom. The second-order valence-corrected chi connectivity index (χ2v) is 5.57. The zero-order chi connectivity index (χ0) is 14.8. The fraction of sp³-hybridized carbons (Fsp3) is 0.375. The van der Waals surface area contributed by atoms with Crippen LogP contribution in [0.3, 0.4) is 0 Å². The van der Waals surface area contributed by atoms with Crippen LogP contribution >= 0.6 is 0 Å². The van der Waals surface area contributed by atoms with Gasteiger partial charge in [0.25, 0.3) is 5.91 Å². The number of amides is 1. The van der Waals surface area contributed by atoms with Gasteiger partial charge in [0.05, 0.1) is 11.1 Å². The maximum atomic E-state index is 12.8. The van der Waals surface area contributed by atoms with Crippen LogP contribution in [0.5, 0.6) is 0 Å². The van der Waals surface area contributed by atoms with Gasteiger partial charge in [0, 0.05) is 18.5 Å². The molecule has 3 rings (SSSR count). The van der Waals surface area contributed by atoms with Crippen LogP contribution in [-0.4, -0.2) is 28.9 Å². The van der Waals surface area contributed by atoms with Crippen LogP contribution in [-0.2, 0) is 0 Å². The third-order valence-corrected chi connectivity index (χ3v) is 4.29. The lowest BCUT2D eigenvalue weighted by Gasteiger charge is -2.25. The molecule has 5 nitrogen and oxygen atoms in total. The lowest BCUT2D eigenvalue weighted by Crippen LogP contribution is -2.35. The number of hydrogen-bond acceptors (Lipinski definition) is 4. The first kappa shape index (κ1) is 13.8. The number of hydrazine groups is 1. The Morgan fingerprint density at radius 2 is 2.05 bits per heavy atom. The number of anilines is 1. The molecule has 1 aliphatic carbocycles. The number of carbonyl (C=O) groups is 1. The van der Waals surface area contributed by atoms with Crippen molar-refractivity contribution < 1.29 is 4.79 Å². The average Bonchev–Trinajstić information content (AvgIpc) is 3.06. The molecule has 21 heavy (non-hydrogen) atoms. The van der Waals surface area contributed by atoms with Crippen molar-refractivity contribution in [2.45, 2.75) is 31.7 Å². The number of benzene rings is 1. The highest BCUT2D eigenvalue weighted by molar-refractivity contribution is 6.07. The summed E-state index contributed by atoms with van der Waals surface area (Å²) in [4.78, 5) is 19.1. The largest absolute Gasteiger partial charge is 0.339 e. The fourth-order valence-corrected chi connectivity index (χ4v) is 3.07. The van der Waals surface area contributed by atoms with Crippen molar-refractivity contribution in [1.82, 2.24) is 9.88 Å². The SMILES string of the molecule is CN(C(=O)c1cc(NN)nc2ccccc12)C1CCCC1. The molecule has 0 radical (unpaired) electrons. The number of pyridine rings is 1. The minimum absolute atomic E-state index is 0.0389. The number of nitrogens with two attached hydrogens (primary N) is 1. The smallest absolute Gasteiger partial charge is 0.254 e. The summed E-state index contributed by atoms with van der Waals surface area (Å²) in [6.45, 7) is 0. The first-order chi connectivity index (χ1) is 10.2. The summed E-state index contributed by atoms with van der Waals surface area (Å²) < 4.78 is 0. The molecule has 1 amide bonds. The molecule has 2 aromatic rings. The van der Waals surface area contributed by atoms with Gasteiger partial charge >= 0.3 is 0 Å². The van der Waals surface area contributed by atoms with E-state index in [-0.39, 0.29) is 5.91 Å². The van der Waals surface area contributed by atoms with Crippen LogP contribution in [0.25, 0.3) is 10.9 Å². The van der Waals surface area contributed by atoms with E-state index in [1.165, 1.54) is 12.8 Å². The maximum absolute atomic E-state index is 12.8. The Morgan fingerprint density at radius 1 is 1.33 bits per heavy atom. The molecule has 0 unspecified atom stereocenters. The molecule has 1 fully saturated rings. The molecule has 0 atom stereocenters. The predicted molar refractivity (Wildman–Crippen MR) is 83.9 cm³/mol. The van der Waals surface area contributed by atoms with Gasteiger partial charge in [0.1, 0.15) is 5.82 Å². The van der Waals surface area contributed by atoms with Crippen molar-refractivity contribution in [2.24, 2.45) is 5.84 Å². The summed E-state index contributed by atoms with van der Waals surface area (Å²) in [5.41, 5.74) is 3.97. The molecule has 0 aliphatic heterocycles. The summed E-state index contributed by atoms with van der Waals surface area (Å²) in [6, 6.07) is 9.73. The zero-order valence-corrected chi connectivity index (χ0v) is 12.2. The lowest BCUT2D eigenvalue weighted by molar-refractivity contribution is 0.0737. The zero-order valence-electron chi connectivity index (χ0n) is 12.2. The number of rotatable bonds is 3. The van der Waals surface area contributed by atoms with E-state index in [0.717, 1.165) is 23.7 Å². The van der Waals surface area contributed by atoms with Crippen LogP contribution in [0.15, 0.2) is 30.3 Å². The Balaban J connectivity index is 2.03. The van der Waals surface area contributed by atoms with Gasteiger partial charge in [-0.3, -0.25) is 4.79 Å². The van der Waals surface area contributed by atoms with Gasteiger partial charge in [-0.1, -0.05) is 31.0 Å². The minimum atomic E-state index is 0.0389. The highest BCUT2D eigenvalue weighted by Crippen LogP contribution is 2.26. The molecule has 3 N–H and O–H groups in total. The topological polar surface area (TPSA) is 71.2 Å². The summed E-state index contributed by atoms with van der Waals surface area (Å²) in [5.74, 6) is 6.02. The minimum Gasteiger partial charge on any atom is -0.339 e. The molecular weight excluding hydrogens is 264 g/mol. The van der Waals surface area contributed by atoms with Gasteiger partial charge < -0.3 is 10.3 Å². The molecule has 110 valence electrons. The Labute approximate surface area is 124 Å². The van der Waals surface area contributed by atoms with Crippen molar-refractivity contribution in [3.8, 4) is 0 Å². The number of hydrogen-bond donors (Lipinski definition) is 2. The standard InChI is InChI=1S/C16H20N4O/c1-20(11-6-2-3-7-11)16(21)13-10-15(19-17)18-14-9-5-4-8-12(13)14/h4-5,8-11H,2-3,6-7,17H2,1H3,(H,18,19). The van der Waals surface area contributed by atoms with E-state index in [4.69, 9.17) is 5.84 Å². The van der Waals surface area contributed by atoms with Gasteiger partial charge in [-0.25, -0.2) is 10.8 Å². The Hall–Kier alpha value is -2.14. The van der Waals surface area contributed by atoms with E-state index in [0.29, 0.717) is 17.4 Å². The summed E-state index contributed by atoms with van der Waals surface area (Å²) >= 11 is 0. The molecule has 1 heterocycles. The third-order valence-electron chi connectivity index (χ3n) is 4.29. The molecule has 1 aromatic heterocycles. The van der Waals surface area contributed by atoms with Crippen molar-refractivity contribution in [1.29, 1.82) is 0 Å². The van der Waals surface area contributed by atoms with E-state index in [1.807, 2.05) is 36.2 Å². The molecular formula is C16H20N4O. The number of nitrogen functional groups attached to an aromatic ring is 1. The highest BCUT2D eigenvalue weighted by Gasteiger charge is 2.25. The molecule has 5 heteroatoms. The molecule has 1 aliphatic rings. The number of nitrogens with zero attached hydrogens (tertiary/aromatic N) is 2. The highest BCUT2D eigenvalue weighted by atomic mass is 16.2. The van der Waals surface area contributed by atoms with Crippen LogP contribution < -0.4 is 11.3 Å². The van der Waals surface area contributed by atoms with E-state index in [9.17, 15) is 4.79 Å². The number of aromatic nitrogens is 1. The number of fused-ring (bicyclic) bond motifs is 1. The second-order valence-electron chi connectivity index (χ2n) is 5.57. The molecule has 1 aromatic carbocycles. The van der Waals surface area contributed by atoms with E-state index >= 15 is 0 Å². The van der Waals surface area contributed by atoms with Crippen LogP contribution in [0, 0.1) is 0 Å². The monoisotopic (exact) mass is 284 g/mol. The predicted octanol–water partition coefficient (Wildman–Crippen LogP) is 2.54. The summed E-state index contributed by atoms with van der Waals surface area (Å²) in [7, 11) is 1.89. The average molecular weight is 284 g/mol. The van der Waals surface area contributed by atoms with Crippen molar-refractivity contribution >= 4 is 22.6 Å². The lowest BCUT2D eigenvalue weighted by atomic mass is 10.1. The molecule has 0 saturated heterocycles. The van der Waals surface area contributed by atoms with Gasteiger partial charge in [-0.2, -0.15) is 0 Å². The van der Waals surface area contributed by atoms with Crippen LogP contribution in [0.4, 0.5) is 5.82 Å².